The standard InChI is InChI=1S/C34H54N2O3/c1-13-30(4,5)16-18-32(8,29(39)36(11)12)19-17-31(6,7)34(10)15-14-26-24(3)28(38)25(22-35)21-33(26,9)27(34)20-23(2)37/h20-21,24,26H,13-19H2,1-12H3/b27-20-/t24-,26-,32-,33-,34+/m0/s1. The molecule has 0 saturated heterocycles. The number of carbonyl (C=O) groups is 3. The first-order valence-corrected chi connectivity index (χ1v) is 14.8. The molecule has 1 saturated carbocycles. The van der Waals surface area contributed by atoms with Gasteiger partial charge < -0.3 is 4.90 Å². The number of rotatable bonds is 10. The van der Waals surface area contributed by atoms with Gasteiger partial charge in [-0.1, -0.05) is 80.4 Å². The third-order valence-electron chi connectivity index (χ3n) is 11.1. The first-order chi connectivity index (χ1) is 17.7. The molecule has 39 heavy (non-hydrogen) atoms. The summed E-state index contributed by atoms with van der Waals surface area (Å²) in [5, 5.41) is 9.78. The summed E-state index contributed by atoms with van der Waals surface area (Å²) in [5.41, 5.74) is -0.187. The van der Waals surface area contributed by atoms with Gasteiger partial charge in [-0.3, -0.25) is 14.4 Å². The minimum absolute atomic E-state index is 0.0141. The highest BCUT2D eigenvalue weighted by Crippen LogP contribution is 2.65. The number of allylic oxidation sites excluding steroid dienone is 4. The Kier molecular flexibility index (Phi) is 9.59. The summed E-state index contributed by atoms with van der Waals surface area (Å²) >= 11 is 0. The number of carbonyl (C=O) groups excluding carboxylic acids is 3. The van der Waals surface area contributed by atoms with Crippen LogP contribution in [0.2, 0.25) is 0 Å². The fourth-order valence-corrected chi connectivity index (χ4v) is 7.27. The molecule has 2 rings (SSSR count). The molecule has 1 fully saturated rings. The smallest absolute Gasteiger partial charge is 0.227 e. The van der Waals surface area contributed by atoms with E-state index in [9.17, 15) is 19.6 Å². The number of amides is 1. The molecule has 0 radical (unpaired) electrons. The topological polar surface area (TPSA) is 78.2 Å². The highest BCUT2D eigenvalue weighted by molar-refractivity contribution is 6.02. The lowest BCUT2D eigenvalue weighted by Gasteiger charge is -2.59. The Labute approximate surface area is 238 Å². The number of fused-ring (bicyclic) bond motifs is 1. The first-order valence-electron chi connectivity index (χ1n) is 14.8. The van der Waals surface area contributed by atoms with E-state index in [4.69, 9.17) is 0 Å². The summed E-state index contributed by atoms with van der Waals surface area (Å²) in [6, 6.07) is 2.14. The molecule has 0 N–H and O–H groups in total. The molecule has 2 aliphatic rings. The lowest BCUT2D eigenvalue weighted by molar-refractivity contribution is -0.140. The maximum Gasteiger partial charge on any atom is 0.227 e. The number of Topliss-reactive ketones (excluding diaryl/α,β-unsaturated/α-hetero) is 1. The van der Waals surface area contributed by atoms with Crippen molar-refractivity contribution in [3.8, 4) is 6.07 Å². The third-order valence-corrected chi connectivity index (χ3v) is 11.1. The van der Waals surface area contributed by atoms with Crippen LogP contribution in [0.15, 0.2) is 23.3 Å². The molecule has 0 aromatic carbocycles. The second-order valence-electron chi connectivity index (χ2n) is 14.9. The van der Waals surface area contributed by atoms with Crippen LogP contribution in [0, 0.1) is 50.2 Å². The van der Waals surface area contributed by atoms with Gasteiger partial charge in [0, 0.05) is 30.8 Å². The van der Waals surface area contributed by atoms with E-state index < -0.39 is 10.8 Å². The molecule has 1 amide bonds. The van der Waals surface area contributed by atoms with Crippen molar-refractivity contribution < 1.29 is 14.4 Å². The van der Waals surface area contributed by atoms with Crippen LogP contribution in [0.3, 0.4) is 0 Å². The zero-order valence-corrected chi connectivity index (χ0v) is 26.9. The van der Waals surface area contributed by atoms with Gasteiger partial charge >= 0.3 is 0 Å². The first kappa shape index (κ1) is 33.0. The van der Waals surface area contributed by atoms with Gasteiger partial charge in [0.1, 0.15) is 6.07 Å². The van der Waals surface area contributed by atoms with Crippen LogP contribution < -0.4 is 0 Å². The van der Waals surface area contributed by atoms with Crippen LogP contribution in [0.25, 0.3) is 0 Å². The Morgan fingerprint density at radius 1 is 1.10 bits per heavy atom. The highest BCUT2D eigenvalue weighted by Gasteiger charge is 2.58. The van der Waals surface area contributed by atoms with E-state index in [2.05, 4.69) is 61.5 Å². The number of nitriles is 1. The molecule has 0 aromatic rings. The van der Waals surface area contributed by atoms with E-state index in [1.165, 1.54) is 0 Å². The van der Waals surface area contributed by atoms with Gasteiger partial charge in [0.25, 0.3) is 0 Å². The van der Waals surface area contributed by atoms with Crippen molar-refractivity contribution in [1.82, 2.24) is 4.90 Å². The van der Waals surface area contributed by atoms with E-state index >= 15 is 0 Å². The van der Waals surface area contributed by atoms with Gasteiger partial charge in [0.15, 0.2) is 11.6 Å². The number of ketones is 2. The SMILES string of the molecule is CCC(C)(C)CC[C@@](C)(CCC(C)(C)[C@]1(C)CC[C@H]2[C@H](C)C(=O)C(C#N)=C[C@]2(C)/C1=C/C(C)=O)C(=O)N(C)C. The fraction of sp³-hybridized carbons (Fsp3) is 0.765. The largest absolute Gasteiger partial charge is 0.348 e. The van der Waals surface area contributed by atoms with Gasteiger partial charge in [0.2, 0.25) is 5.91 Å². The van der Waals surface area contributed by atoms with Crippen molar-refractivity contribution in [2.45, 2.75) is 114 Å². The molecule has 0 bridgehead atoms. The van der Waals surface area contributed by atoms with Gasteiger partial charge in [-0.2, -0.15) is 5.26 Å². The predicted molar refractivity (Wildman–Crippen MR) is 159 cm³/mol. The summed E-state index contributed by atoms with van der Waals surface area (Å²) in [7, 11) is 3.69. The van der Waals surface area contributed by atoms with Crippen LogP contribution in [0.4, 0.5) is 0 Å². The van der Waals surface area contributed by atoms with Gasteiger partial charge in [-0.15, -0.1) is 0 Å². The van der Waals surface area contributed by atoms with E-state index in [0.717, 1.165) is 50.5 Å². The summed E-state index contributed by atoms with van der Waals surface area (Å²) in [6.07, 6.45) is 9.83. The quantitative estimate of drug-likeness (QED) is 0.267. The Morgan fingerprint density at radius 3 is 2.15 bits per heavy atom. The van der Waals surface area contributed by atoms with Crippen molar-refractivity contribution in [1.29, 1.82) is 5.26 Å². The molecule has 0 heterocycles. The maximum atomic E-state index is 13.5. The van der Waals surface area contributed by atoms with Gasteiger partial charge in [0.05, 0.1) is 5.57 Å². The summed E-state index contributed by atoms with van der Waals surface area (Å²) in [5.74, 6) is -0.140. The zero-order chi connectivity index (χ0) is 30.2. The molecule has 0 aliphatic heterocycles. The normalized spacial score (nSPS) is 30.2. The molecule has 218 valence electrons. The second-order valence-corrected chi connectivity index (χ2v) is 14.9. The monoisotopic (exact) mass is 538 g/mol. The molecule has 5 nitrogen and oxygen atoms in total. The van der Waals surface area contributed by atoms with Crippen molar-refractivity contribution in [3.63, 3.8) is 0 Å². The summed E-state index contributed by atoms with van der Waals surface area (Å²) < 4.78 is 0. The Balaban J connectivity index is 2.55. The number of hydrogen-bond acceptors (Lipinski definition) is 4. The summed E-state index contributed by atoms with van der Waals surface area (Å²) in [6.45, 7) is 21.3. The van der Waals surface area contributed by atoms with Crippen molar-refractivity contribution in [2.24, 2.45) is 38.9 Å². The molecular formula is C34H54N2O3. The van der Waals surface area contributed by atoms with Crippen molar-refractivity contribution in [3.05, 3.63) is 23.3 Å². The van der Waals surface area contributed by atoms with Gasteiger partial charge in [-0.05, 0) is 73.7 Å². The Morgan fingerprint density at radius 2 is 1.67 bits per heavy atom. The average molecular weight is 539 g/mol. The van der Waals surface area contributed by atoms with Crippen LogP contribution >= 0.6 is 0 Å². The van der Waals surface area contributed by atoms with E-state index in [0.29, 0.717) is 0 Å². The molecular weight excluding hydrogens is 484 g/mol. The molecule has 0 spiro atoms. The summed E-state index contributed by atoms with van der Waals surface area (Å²) in [4.78, 5) is 40.8. The van der Waals surface area contributed by atoms with Gasteiger partial charge in [-0.25, -0.2) is 0 Å². The third kappa shape index (κ3) is 6.26. The van der Waals surface area contributed by atoms with Crippen molar-refractivity contribution >= 4 is 17.5 Å². The Bertz CT molecular complexity index is 1090. The maximum absolute atomic E-state index is 13.5. The minimum Gasteiger partial charge on any atom is -0.348 e. The van der Waals surface area contributed by atoms with Crippen molar-refractivity contribution in [2.75, 3.05) is 14.1 Å². The highest BCUT2D eigenvalue weighted by atomic mass is 16.2. The molecule has 5 heteroatoms. The van der Waals surface area contributed by atoms with Crippen LogP contribution in [-0.2, 0) is 14.4 Å². The lowest BCUT2D eigenvalue weighted by atomic mass is 9.44. The minimum atomic E-state index is -0.553. The van der Waals surface area contributed by atoms with Crippen LogP contribution in [0.1, 0.15) is 114 Å². The predicted octanol–water partition coefficient (Wildman–Crippen LogP) is 7.71. The van der Waals surface area contributed by atoms with Crippen LogP contribution in [0.5, 0.6) is 0 Å². The Hall–Kier alpha value is -2.22. The number of hydrogen-bond donors (Lipinski definition) is 0. The second kappa shape index (κ2) is 11.3. The lowest BCUT2D eigenvalue weighted by Crippen LogP contribution is -2.53. The molecule has 2 aliphatic carbocycles. The fourth-order valence-electron chi connectivity index (χ4n) is 7.27. The van der Waals surface area contributed by atoms with E-state index in [1.807, 2.05) is 27.1 Å². The number of nitrogens with zero attached hydrogens (tertiary/aromatic N) is 2. The molecule has 5 atom stereocenters. The molecule has 0 unspecified atom stereocenters. The zero-order valence-electron chi connectivity index (χ0n) is 26.9. The van der Waals surface area contributed by atoms with E-state index in [-0.39, 0.29) is 51.1 Å². The average Bonchev–Trinajstić information content (AvgIpc) is 2.85. The molecule has 0 aromatic heterocycles. The van der Waals surface area contributed by atoms with E-state index in [1.54, 1.807) is 17.9 Å². The van der Waals surface area contributed by atoms with Crippen LogP contribution in [-0.4, -0.2) is 36.5 Å².